The molecular formula is C26H25N3O2. The summed E-state index contributed by atoms with van der Waals surface area (Å²) in [5.41, 5.74) is 6.18. The molecule has 3 aromatic carbocycles. The van der Waals surface area contributed by atoms with Gasteiger partial charge in [-0.1, -0.05) is 30.3 Å². The zero-order chi connectivity index (χ0) is 21.2. The van der Waals surface area contributed by atoms with Gasteiger partial charge in [0.2, 0.25) is 5.91 Å². The lowest BCUT2D eigenvalue weighted by Crippen LogP contribution is -2.23. The van der Waals surface area contributed by atoms with Gasteiger partial charge in [0, 0.05) is 48.7 Å². The lowest BCUT2D eigenvalue weighted by atomic mass is 10.1. The molecule has 2 aliphatic heterocycles. The van der Waals surface area contributed by atoms with E-state index in [1.165, 1.54) is 11.3 Å². The minimum absolute atomic E-state index is 0.136. The quantitative estimate of drug-likeness (QED) is 0.659. The first-order valence-corrected chi connectivity index (χ1v) is 10.8. The Hall–Kier alpha value is -3.60. The SMILES string of the molecule is O=C(Nc1ccc(N2CCc3ccccc32)cc1)c1ccc(CN2CCCC2=O)cc1. The van der Waals surface area contributed by atoms with E-state index in [4.69, 9.17) is 0 Å². The second kappa shape index (κ2) is 8.26. The topological polar surface area (TPSA) is 52.7 Å². The van der Waals surface area contributed by atoms with Crippen LogP contribution in [0.25, 0.3) is 0 Å². The highest BCUT2D eigenvalue weighted by Crippen LogP contribution is 2.34. The Kier molecular flexibility index (Phi) is 5.16. The van der Waals surface area contributed by atoms with Crippen LogP contribution in [0.15, 0.2) is 72.8 Å². The number of carbonyl (C=O) groups excluding carboxylic acids is 2. The zero-order valence-electron chi connectivity index (χ0n) is 17.4. The van der Waals surface area contributed by atoms with Crippen LogP contribution in [0.5, 0.6) is 0 Å². The van der Waals surface area contributed by atoms with Crippen molar-refractivity contribution in [1.29, 1.82) is 0 Å². The zero-order valence-corrected chi connectivity index (χ0v) is 17.4. The number of anilines is 3. The number of rotatable bonds is 5. The van der Waals surface area contributed by atoms with E-state index in [9.17, 15) is 9.59 Å². The van der Waals surface area contributed by atoms with E-state index in [-0.39, 0.29) is 11.8 Å². The minimum Gasteiger partial charge on any atom is -0.341 e. The van der Waals surface area contributed by atoms with Crippen molar-refractivity contribution in [2.24, 2.45) is 0 Å². The number of benzene rings is 3. The lowest BCUT2D eigenvalue weighted by Gasteiger charge is -2.20. The molecule has 1 fully saturated rings. The first-order valence-electron chi connectivity index (χ1n) is 10.8. The number of amides is 2. The Morgan fingerprint density at radius 3 is 2.39 bits per heavy atom. The normalized spacial score (nSPS) is 15.3. The van der Waals surface area contributed by atoms with E-state index in [1.54, 1.807) is 0 Å². The van der Waals surface area contributed by atoms with Crippen molar-refractivity contribution in [2.75, 3.05) is 23.3 Å². The van der Waals surface area contributed by atoms with Gasteiger partial charge in [-0.15, -0.1) is 0 Å². The molecule has 0 atom stereocenters. The van der Waals surface area contributed by atoms with Crippen molar-refractivity contribution in [1.82, 2.24) is 4.90 Å². The molecule has 2 amide bonds. The molecule has 0 aliphatic carbocycles. The number of nitrogens with zero attached hydrogens (tertiary/aromatic N) is 2. The van der Waals surface area contributed by atoms with Gasteiger partial charge in [-0.3, -0.25) is 9.59 Å². The summed E-state index contributed by atoms with van der Waals surface area (Å²) in [6.45, 7) is 2.41. The molecule has 0 saturated carbocycles. The lowest BCUT2D eigenvalue weighted by molar-refractivity contribution is -0.128. The molecule has 5 rings (SSSR count). The van der Waals surface area contributed by atoms with E-state index in [0.29, 0.717) is 18.5 Å². The Labute approximate surface area is 182 Å². The largest absolute Gasteiger partial charge is 0.341 e. The molecule has 0 radical (unpaired) electrons. The second-order valence-electron chi connectivity index (χ2n) is 8.15. The predicted molar refractivity (Wildman–Crippen MR) is 123 cm³/mol. The van der Waals surface area contributed by atoms with E-state index in [2.05, 4.69) is 34.5 Å². The van der Waals surface area contributed by atoms with Gasteiger partial charge in [0.25, 0.3) is 5.91 Å². The molecule has 2 aliphatic rings. The summed E-state index contributed by atoms with van der Waals surface area (Å²) in [5, 5.41) is 2.97. The third kappa shape index (κ3) is 4.04. The number of hydrogen-bond donors (Lipinski definition) is 1. The maximum Gasteiger partial charge on any atom is 0.255 e. The van der Waals surface area contributed by atoms with Gasteiger partial charge >= 0.3 is 0 Å². The molecule has 1 saturated heterocycles. The summed E-state index contributed by atoms with van der Waals surface area (Å²) in [6, 6.07) is 24.0. The Bertz CT molecular complexity index is 1110. The van der Waals surface area contributed by atoms with E-state index >= 15 is 0 Å². The summed E-state index contributed by atoms with van der Waals surface area (Å²) in [5.74, 6) is 0.0748. The van der Waals surface area contributed by atoms with Crippen molar-refractivity contribution < 1.29 is 9.59 Å². The highest BCUT2D eigenvalue weighted by atomic mass is 16.2. The standard InChI is InChI=1S/C26H25N3O2/c30-25-6-3-16-28(25)18-19-7-9-21(10-8-19)26(31)27-22-11-13-23(14-12-22)29-17-15-20-4-1-2-5-24(20)29/h1-2,4-5,7-14H,3,6,15-18H2,(H,27,31). The number of para-hydroxylation sites is 1. The molecule has 0 spiro atoms. The van der Waals surface area contributed by atoms with Crippen LogP contribution in [-0.4, -0.2) is 29.8 Å². The fourth-order valence-corrected chi connectivity index (χ4v) is 4.39. The van der Waals surface area contributed by atoms with Crippen molar-refractivity contribution in [2.45, 2.75) is 25.8 Å². The Morgan fingerprint density at radius 1 is 0.871 bits per heavy atom. The van der Waals surface area contributed by atoms with Crippen LogP contribution in [0, 0.1) is 0 Å². The first kappa shape index (κ1) is 19.4. The fourth-order valence-electron chi connectivity index (χ4n) is 4.39. The van der Waals surface area contributed by atoms with Crippen LogP contribution >= 0.6 is 0 Å². The minimum atomic E-state index is -0.136. The van der Waals surface area contributed by atoms with Crippen LogP contribution in [0.1, 0.15) is 34.3 Å². The Balaban J connectivity index is 1.22. The maximum atomic E-state index is 12.6. The van der Waals surface area contributed by atoms with Gasteiger partial charge < -0.3 is 15.1 Å². The van der Waals surface area contributed by atoms with Crippen molar-refractivity contribution in [3.63, 3.8) is 0 Å². The van der Waals surface area contributed by atoms with Gasteiger partial charge in [0.1, 0.15) is 0 Å². The van der Waals surface area contributed by atoms with E-state index in [0.717, 1.165) is 42.9 Å². The van der Waals surface area contributed by atoms with E-state index < -0.39 is 0 Å². The fraction of sp³-hybridized carbons (Fsp3) is 0.231. The molecule has 1 N–H and O–H groups in total. The molecule has 31 heavy (non-hydrogen) atoms. The first-order chi connectivity index (χ1) is 15.2. The molecule has 5 nitrogen and oxygen atoms in total. The van der Waals surface area contributed by atoms with Crippen LogP contribution in [-0.2, 0) is 17.8 Å². The Morgan fingerprint density at radius 2 is 1.65 bits per heavy atom. The third-order valence-corrected chi connectivity index (χ3v) is 6.08. The molecule has 0 bridgehead atoms. The number of likely N-dealkylation sites (tertiary alicyclic amines) is 1. The average molecular weight is 412 g/mol. The van der Waals surface area contributed by atoms with Crippen LogP contribution < -0.4 is 10.2 Å². The van der Waals surface area contributed by atoms with Gasteiger partial charge in [-0.2, -0.15) is 0 Å². The predicted octanol–water partition coefficient (Wildman–Crippen LogP) is 4.76. The van der Waals surface area contributed by atoms with E-state index in [1.807, 2.05) is 53.4 Å². The third-order valence-electron chi connectivity index (χ3n) is 6.08. The highest BCUT2D eigenvalue weighted by molar-refractivity contribution is 6.04. The smallest absolute Gasteiger partial charge is 0.255 e. The summed E-state index contributed by atoms with van der Waals surface area (Å²) in [7, 11) is 0. The van der Waals surface area contributed by atoms with Crippen LogP contribution in [0.4, 0.5) is 17.1 Å². The maximum absolute atomic E-state index is 12.6. The molecule has 3 aromatic rings. The summed E-state index contributed by atoms with van der Waals surface area (Å²) in [4.78, 5) is 28.6. The monoisotopic (exact) mass is 411 g/mol. The van der Waals surface area contributed by atoms with Gasteiger partial charge in [-0.25, -0.2) is 0 Å². The highest BCUT2D eigenvalue weighted by Gasteiger charge is 2.21. The molecule has 0 aromatic heterocycles. The number of fused-ring (bicyclic) bond motifs is 1. The van der Waals surface area contributed by atoms with Crippen LogP contribution in [0.3, 0.4) is 0 Å². The molecule has 5 heteroatoms. The summed E-state index contributed by atoms with van der Waals surface area (Å²) >= 11 is 0. The summed E-state index contributed by atoms with van der Waals surface area (Å²) < 4.78 is 0. The average Bonchev–Trinajstić information content (AvgIpc) is 3.41. The van der Waals surface area contributed by atoms with Gasteiger partial charge in [-0.05, 0) is 66.4 Å². The number of hydrogen-bond acceptors (Lipinski definition) is 3. The molecule has 0 unspecified atom stereocenters. The number of carbonyl (C=O) groups is 2. The molecule has 2 heterocycles. The number of nitrogens with one attached hydrogen (secondary N) is 1. The molecule has 156 valence electrons. The van der Waals surface area contributed by atoms with Gasteiger partial charge in [0.05, 0.1) is 0 Å². The van der Waals surface area contributed by atoms with Crippen molar-refractivity contribution >= 4 is 28.9 Å². The summed E-state index contributed by atoms with van der Waals surface area (Å²) in [6.07, 6.45) is 2.63. The van der Waals surface area contributed by atoms with Crippen LogP contribution in [0.2, 0.25) is 0 Å². The molecular weight excluding hydrogens is 386 g/mol. The van der Waals surface area contributed by atoms with Crippen molar-refractivity contribution in [3.8, 4) is 0 Å². The second-order valence-corrected chi connectivity index (χ2v) is 8.15. The van der Waals surface area contributed by atoms with Gasteiger partial charge in [0.15, 0.2) is 0 Å². The van der Waals surface area contributed by atoms with Crippen molar-refractivity contribution in [3.05, 3.63) is 89.5 Å².